The van der Waals surface area contributed by atoms with Crippen molar-refractivity contribution in [3.8, 4) is 11.3 Å². The standard InChI is InChI=1S/C32H39F2N5O3S/c1-6-37(7-2)14-8-13-35-29(40)20-9-12-27-28(16-20)43-30-36-26(19-39(27)30)23-17-24(33)21(15-25(23)34)18-38(22-10-11-22)31(41)42-32(3,4)5/h9,12,15-17,19,22H,6-8,10-11,13-14,18H2,1-5H3,(H,35,40). The predicted octanol–water partition coefficient (Wildman–Crippen LogP) is 6.86. The van der Waals surface area contributed by atoms with Crippen molar-refractivity contribution in [3.05, 3.63) is 59.3 Å². The Morgan fingerprint density at radius 3 is 2.53 bits per heavy atom. The fourth-order valence-electron chi connectivity index (χ4n) is 5.06. The Morgan fingerprint density at radius 2 is 1.86 bits per heavy atom. The van der Waals surface area contributed by atoms with Crippen LogP contribution in [0.4, 0.5) is 13.6 Å². The van der Waals surface area contributed by atoms with Crippen LogP contribution in [0.2, 0.25) is 0 Å². The minimum Gasteiger partial charge on any atom is -0.444 e. The van der Waals surface area contributed by atoms with E-state index in [1.807, 2.05) is 16.5 Å². The molecule has 0 saturated heterocycles. The van der Waals surface area contributed by atoms with Crippen LogP contribution in [0.25, 0.3) is 26.4 Å². The Morgan fingerprint density at radius 1 is 1.12 bits per heavy atom. The monoisotopic (exact) mass is 611 g/mol. The summed E-state index contributed by atoms with van der Waals surface area (Å²) in [4.78, 5) is 34.4. The average Bonchev–Trinajstić information content (AvgIpc) is 3.62. The van der Waals surface area contributed by atoms with E-state index in [0.29, 0.717) is 22.8 Å². The lowest BCUT2D eigenvalue weighted by atomic mass is 10.1. The summed E-state index contributed by atoms with van der Waals surface area (Å²) in [7, 11) is 0. The second-order valence-corrected chi connectivity index (χ2v) is 13.0. The second-order valence-electron chi connectivity index (χ2n) is 12.0. The van der Waals surface area contributed by atoms with Gasteiger partial charge in [-0.15, -0.1) is 0 Å². The number of amides is 2. The smallest absolute Gasteiger partial charge is 0.410 e. The first kappa shape index (κ1) is 30.9. The Kier molecular flexibility index (Phi) is 9.03. The van der Waals surface area contributed by atoms with E-state index in [2.05, 4.69) is 29.0 Å². The van der Waals surface area contributed by atoms with Crippen LogP contribution in [0.15, 0.2) is 36.5 Å². The molecule has 1 fully saturated rings. The van der Waals surface area contributed by atoms with Crippen LogP contribution in [0.5, 0.6) is 0 Å². The van der Waals surface area contributed by atoms with Crippen molar-refractivity contribution >= 4 is 38.5 Å². The summed E-state index contributed by atoms with van der Waals surface area (Å²) in [6.07, 6.45) is 3.64. The van der Waals surface area contributed by atoms with Crippen LogP contribution in [-0.4, -0.2) is 69.0 Å². The van der Waals surface area contributed by atoms with Crippen molar-refractivity contribution in [2.24, 2.45) is 0 Å². The van der Waals surface area contributed by atoms with Crippen LogP contribution >= 0.6 is 11.3 Å². The highest BCUT2D eigenvalue weighted by Crippen LogP contribution is 2.34. The van der Waals surface area contributed by atoms with Gasteiger partial charge in [-0.25, -0.2) is 18.6 Å². The minimum atomic E-state index is -0.685. The Bertz CT molecular complexity index is 1640. The Balaban J connectivity index is 1.31. The van der Waals surface area contributed by atoms with Gasteiger partial charge in [0.1, 0.15) is 17.2 Å². The van der Waals surface area contributed by atoms with Crippen molar-refractivity contribution in [2.75, 3.05) is 26.2 Å². The van der Waals surface area contributed by atoms with E-state index in [9.17, 15) is 9.59 Å². The number of carbonyl (C=O) groups is 2. The van der Waals surface area contributed by atoms with E-state index in [-0.39, 0.29) is 29.6 Å². The lowest BCUT2D eigenvalue weighted by molar-refractivity contribution is 0.0214. The first-order valence-corrected chi connectivity index (χ1v) is 15.7. The van der Waals surface area contributed by atoms with Gasteiger partial charge in [0.15, 0.2) is 4.96 Å². The molecule has 11 heteroatoms. The van der Waals surface area contributed by atoms with E-state index in [4.69, 9.17) is 4.74 Å². The largest absolute Gasteiger partial charge is 0.444 e. The van der Waals surface area contributed by atoms with Crippen LogP contribution in [0.1, 0.15) is 69.8 Å². The number of nitrogens with one attached hydrogen (secondary N) is 1. The maximum atomic E-state index is 15.4. The minimum absolute atomic E-state index is 0.0330. The molecule has 1 aliphatic rings. The molecular formula is C32H39F2N5O3S. The highest BCUT2D eigenvalue weighted by molar-refractivity contribution is 7.23. The lowest BCUT2D eigenvalue weighted by Crippen LogP contribution is -2.38. The third kappa shape index (κ3) is 7.15. The SMILES string of the molecule is CCN(CC)CCCNC(=O)c1ccc2c(c1)sc1nc(-c3cc(F)c(CN(C(=O)OC(C)(C)C)C4CC4)cc3F)cn12. The third-order valence-electron chi connectivity index (χ3n) is 7.56. The van der Waals surface area contributed by atoms with Crippen molar-refractivity contribution in [1.29, 1.82) is 0 Å². The van der Waals surface area contributed by atoms with Gasteiger partial charge in [0.05, 0.1) is 22.5 Å². The maximum Gasteiger partial charge on any atom is 0.410 e. The first-order chi connectivity index (χ1) is 20.5. The quantitative estimate of drug-likeness (QED) is 0.188. The first-order valence-electron chi connectivity index (χ1n) is 14.9. The molecule has 0 radical (unpaired) electrons. The topological polar surface area (TPSA) is 79.2 Å². The van der Waals surface area contributed by atoms with Gasteiger partial charge >= 0.3 is 6.09 Å². The predicted molar refractivity (Wildman–Crippen MR) is 165 cm³/mol. The Hall–Kier alpha value is -3.57. The fraction of sp³-hybridized carbons (Fsp3) is 0.469. The molecule has 0 bridgehead atoms. The molecule has 4 aromatic rings. The zero-order valence-corrected chi connectivity index (χ0v) is 26.2. The fourth-order valence-corrected chi connectivity index (χ4v) is 6.10. The number of thiazole rings is 1. The molecule has 8 nitrogen and oxygen atoms in total. The third-order valence-corrected chi connectivity index (χ3v) is 8.57. The van der Waals surface area contributed by atoms with Gasteiger partial charge in [-0.05, 0) is 90.0 Å². The Labute approximate surface area is 254 Å². The van der Waals surface area contributed by atoms with Crippen LogP contribution in [0, 0.1) is 11.6 Å². The van der Waals surface area contributed by atoms with Gasteiger partial charge in [-0.1, -0.05) is 25.2 Å². The zero-order valence-electron chi connectivity index (χ0n) is 25.4. The number of ether oxygens (including phenoxy) is 1. The molecule has 0 unspecified atom stereocenters. The molecule has 43 heavy (non-hydrogen) atoms. The van der Waals surface area contributed by atoms with Gasteiger partial charge < -0.3 is 19.9 Å². The van der Waals surface area contributed by atoms with Crippen molar-refractivity contribution < 1.29 is 23.1 Å². The number of imidazole rings is 1. The molecule has 0 atom stereocenters. The van der Waals surface area contributed by atoms with E-state index >= 15 is 8.78 Å². The lowest BCUT2D eigenvalue weighted by Gasteiger charge is -2.27. The number of nitrogens with zero attached hydrogens (tertiary/aromatic N) is 4. The summed E-state index contributed by atoms with van der Waals surface area (Å²) in [5, 5.41) is 2.99. The molecule has 1 aliphatic carbocycles. The van der Waals surface area contributed by atoms with Gasteiger partial charge in [0, 0.05) is 35.5 Å². The van der Waals surface area contributed by atoms with Gasteiger partial charge in [-0.3, -0.25) is 9.20 Å². The molecule has 2 amide bonds. The molecule has 0 spiro atoms. The molecule has 1 N–H and O–H groups in total. The summed E-state index contributed by atoms with van der Waals surface area (Å²) in [6.45, 7) is 13.0. The molecule has 0 aliphatic heterocycles. The second kappa shape index (κ2) is 12.6. The van der Waals surface area contributed by atoms with E-state index < -0.39 is 23.3 Å². The normalized spacial score (nSPS) is 13.7. The highest BCUT2D eigenvalue weighted by Gasteiger charge is 2.36. The molecule has 2 heterocycles. The van der Waals surface area contributed by atoms with Crippen molar-refractivity contribution in [2.45, 2.75) is 72.1 Å². The van der Waals surface area contributed by atoms with E-state index in [0.717, 1.165) is 61.2 Å². The van der Waals surface area contributed by atoms with E-state index in [1.54, 1.807) is 33.0 Å². The molecule has 230 valence electrons. The van der Waals surface area contributed by atoms with Gasteiger partial charge in [-0.2, -0.15) is 0 Å². The molecule has 2 aromatic heterocycles. The zero-order chi connectivity index (χ0) is 30.9. The highest BCUT2D eigenvalue weighted by atomic mass is 32.1. The van der Waals surface area contributed by atoms with Crippen LogP contribution < -0.4 is 5.32 Å². The van der Waals surface area contributed by atoms with Gasteiger partial charge in [0.25, 0.3) is 5.91 Å². The summed E-state index contributed by atoms with van der Waals surface area (Å²) >= 11 is 1.38. The number of fused-ring (bicyclic) bond motifs is 3. The number of rotatable bonds is 11. The summed E-state index contributed by atoms with van der Waals surface area (Å²) in [6, 6.07) is 7.69. The van der Waals surface area contributed by atoms with E-state index in [1.165, 1.54) is 16.2 Å². The molecule has 5 rings (SSSR count). The van der Waals surface area contributed by atoms with Crippen LogP contribution in [0.3, 0.4) is 0 Å². The van der Waals surface area contributed by atoms with Crippen molar-refractivity contribution in [1.82, 2.24) is 24.5 Å². The summed E-state index contributed by atoms with van der Waals surface area (Å²) < 4.78 is 38.8. The van der Waals surface area contributed by atoms with Gasteiger partial charge in [0.2, 0.25) is 0 Å². The van der Waals surface area contributed by atoms with Crippen molar-refractivity contribution in [3.63, 3.8) is 0 Å². The molecule has 1 saturated carbocycles. The van der Waals surface area contributed by atoms with Crippen LogP contribution in [-0.2, 0) is 11.3 Å². The number of halogens is 2. The number of hydrogen-bond donors (Lipinski definition) is 1. The molecular weight excluding hydrogens is 572 g/mol. The number of benzene rings is 2. The number of hydrogen-bond acceptors (Lipinski definition) is 6. The number of aromatic nitrogens is 2. The summed E-state index contributed by atoms with van der Waals surface area (Å²) in [5.41, 5.74) is 1.14. The molecule has 2 aromatic carbocycles. The number of carbonyl (C=O) groups excluding carboxylic acids is 2. The summed E-state index contributed by atoms with van der Waals surface area (Å²) in [5.74, 6) is -1.36. The maximum absolute atomic E-state index is 15.4. The average molecular weight is 612 g/mol.